The molecule has 0 aliphatic heterocycles. The summed E-state index contributed by atoms with van der Waals surface area (Å²) in [4.78, 5) is 24.6. The fraction of sp³-hybridized carbons (Fsp3) is 0.300. The fourth-order valence-corrected chi connectivity index (χ4v) is 4.29. The molecule has 0 aliphatic carbocycles. The van der Waals surface area contributed by atoms with E-state index in [0.29, 0.717) is 23.7 Å². The predicted octanol–water partition coefficient (Wildman–Crippen LogP) is 5.30. The van der Waals surface area contributed by atoms with Gasteiger partial charge in [0, 0.05) is 8.95 Å². The first-order valence-electron chi connectivity index (χ1n) is 8.91. The summed E-state index contributed by atoms with van der Waals surface area (Å²) in [5.41, 5.74) is 5.94. The van der Waals surface area contributed by atoms with E-state index in [1.54, 1.807) is 18.2 Å². The summed E-state index contributed by atoms with van der Waals surface area (Å²) in [6, 6.07) is 8.86. The molecule has 0 aromatic heterocycles. The van der Waals surface area contributed by atoms with Crippen molar-refractivity contribution < 1.29 is 19.1 Å². The Balaban J connectivity index is 1.93. The molecule has 0 saturated carbocycles. The summed E-state index contributed by atoms with van der Waals surface area (Å²) >= 11 is 10.1. The van der Waals surface area contributed by atoms with Crippen LogP contribution in [0, 0.1) is 6.92 Å². The van der Waals surface area contributed by atoms with E-state index in [0.717, 1.165) is 31.8 Å². The molecule has 0 atom stereocenters. The van der Waals surface area contributed by atoms with E-state index in [4.69, 9.17) is 9.47 Å². The number of carbonyl (C=O) groups excluding carboxylic acids is 2. The van der Waals surface area contributed by atoms with Crippen molar-refractivity contribution in [2.75, 3.05) is 13.2 Å². The van der Waals surface area contributed by atoms with E-state index in [-0.39, 0.29) is 6.61 Å². The average molecular weight is 593 g/mol. The van der Waals surface area contributed by atoms with Gasteiger partial charge in [-0.15, -0.1) is 0 Å². The summed E-state index contributed by atoms with van der Waals surface area (Å²) in [6.07, 6.45) is 1.87. The Morgan fingerprint density at radius 3 is 2.45 bits per heavy atom. The van der Waals surface area contributed by atoms with Crippen molar-refractivity contribution in [1.29, 1.82) is 0 Å². The fourth-order valence-electron chi connectivity index (χ4n) is 2.37. The standard InChI is InChI=1S/C20H21Br3N2O4/c1-3-4-7-28-17-6-5-13(21)9-15(17)20(27)25-24-18(26)11-29-19-12(2)8-14(22)10-16(19)23/h5-6,8-10H,3-4,7,11H2,1-2H3,(H,24,26)(H,25,27). The maximum absolute atomic E-state index is 12.5. The van der Waals surface area contributed by atoms with Crippen molar-refractivity contribution in [3.63, 3.8) is 0 Å². The average Bonchev–Trinajstić information content (AvgIpc) is 2.66. The molecule has 0 unspecified atom stereocenters. The molecule has 0 aliphatic rings. The second-order valence-corrected chi connectivity index (χ2v) is 8.85. The normalized spacial score (nSPS) is 10.4. The molecule has 0 saturated heterocycles. The molecule has 156 valence electrons. The number of unbranched alkanes of at least 4 members (excludes halogenated alkanes) is 1. The van der Waals surface area contributed by atoms with E-state index in [9.17, 15) is 9.59 Å². The summed E-state index contributed by atoms with van der Waals surface area (Å²) in [6.45, 7) is 4.20. The van der Waals surface area contributed by atoms with Crippen LogP contribution < -0.4 is 20.3 Å². The van der Waals surface area contributed by atoms with E-state index in [1.807, 2.05) is 19.1 Å². The Bertz CT molecular complexity index is 867. The maximum Gasteiger partial charge on any atom is 0.276 e. The van der Waals surface area contributed by atoms with E-state index >= 15 is 0 Å². The number of hydrazine groups is 1. The number of halogens is 3. The third kappa shape index (κ3) is 7.31. The zero-order valence-corrected chi connectivity index (χ0v) is 20.7. The van der Waals surface area contributed by atoms with Crippen LogP contribution >= 0.6 is 47.8 Å². The summed E-state index contributed by atoms with van der Waals surface area (Å²) in [5.74, 6) is 0.0514. The number of aryl methyl sites for hydroxylation is 1. The molecule has 0 heterocycles. The second kappa shape index (κ2) is 11.6. The third-order valence-corrected chi connectivity index (χ3v) is 5.34. The van der Waals surface area contributed by atoms with Crippen LogP contribution in [0.3, 0.4) is 0 Å². The highest BCUT2D eigenvalue weighted by atomic mass is 79.9. The molecule has 29 heavy (non-hydrogen) atoms. The molecule has 0 radical (unpaired) electrons. The topological polar surface area (TPSA) is 76.7 Å². The zero-order chi connectivity index (χ0) is 21.4. The van der Waals surface area contributed by atoms with Gasteiger partial charge in [-0.1, -0.05) is 45.2 Å². The van der Waals surface area contributed by atoms with Gasteiger partial charge in [0.15, 0.2) is 6.61 Å². The van der Waals surface area contributed by atoms with Crippen LogP contribution in [0.15, 0.2) is 43.7 Å². The molecule has 9 heteroatoms. The van der Waals surface area contributed by atoms with Gasteiger partial charge in [0.2, 0.25) is 0 Å². The van der Waals surface area contributed by atoms with Gasteiger partial charge in [0.05, 0.1) is 16.6 Å². The SMILES string of the molecule is CCCCOc1ccc(Br)cc1C(=O)NNC(=O)COc1c(C)cc(Br)cc1Br. The van der Waals surface area contributed by atoms with Crippen molar-refractivity contribution in [1.82, 2.24) is 10.9 Å². The number of hydrogen-bond acceptors (Lipinski definition) is 4. The van der Waals surface area contributed by atoms with Gasteiger partial charge >= 0.3 is 0 Å². The number of amides is 2. The van der Waals surface area contributed by atoms with E-state index in [2.05, 4.69) is 65.6 Å². The summed E-state index contributed by atoms with van der Waals surface area (Å²) < 4.78 is 13.6. The lowest BCUT2D eigenvalue weighted by molar-refractivity contribution is -0.123. The number of nitrogens with one attached hydrogen (secondary N) is 2. The smallest absolute Gasteiger partial charge is 0.276 e. The van der Waals surface area contributed by atoms with Crippen LogP contribution in [-0.4, -0.2) is 25.0 Å². The van der Waals surface area contributed by atoms with Crippen LogP contribution in [0.5, 0.6) is 11.5 Å². The molecular weight excluding hydrogens is 572 g/mol. The highest BCUT2D eigenvalue weighted by Crippen LogP contribution is 2.32. The number of benzene rings is 2. The van der Waals surface area contributed by atoms with E-state index in [1.165, 1.54) is 0 Å². The van der Waals surface area contributed by atoms with Crippen molar-refractivity contribution >= 4 is 59.6 Å². The van der Waals surface area contributed by atoms with Gasteiger partial charge in [-0.2, -0.15) is 0 Å². The first kappa shape index (κ1) is 23.7. The second-order valence-electron chi connectivity index (χ2n) is 6.17. The lowest BCUT2D eigenvalue weighted by Gasteiger charge is -2.14. The first-order chi connectivity index (χ1) is 13.8. The molecule has 0 fully saturated rings. The number of hydrogen-bond donors (Lipinski definition) is 2. The largest absolute Gasteiger partial charge is 0.493 e. The minimum atomic E-state index is -0.490. The van der Waals surface area contributed by atoms with Crippen molar-refractivity contribution in [3.8, 4) is 11.5 Å². The zero-order valence-electron chi connectivity index (χ0n) is 16.0. The number of carbonyl (C=O) groups is 2. The third-order valence-electron chi connectivity index (χ3n) is 3.80. The summed E-state index contributed by atoms with van der Waals surface area (Å²) in [5, 5.41) is 0. The predicted molar refractivity (Wildman–Crippen MR) is 122 cm³/mol. The molecule has 2 N–H and O–H groups in total. The number of rotatable bonds is 8. The molecule has 2 amide bonds. The van der Waals surface area contributed by atoms with Crippen molar-refractivity contribution in [2.24, 2.45) is 0 Å². The van der Waals surface area contributed by atoms with Crippen LogP contribution in [0.2, 0.25) is 0 Å². The van der Waals surface area contributed by atoms with Crippen LogP contribution in [0.4, 0.5) is 0 Å². The van der Waals surface area contributed by atoms with E-state index < -0.39 is 11.8 Å². The van der Waals surface area contributed by atoms with Crippen molar-refractivity contribution in [3.05, 3.63) is 54.9 Å². The Kier molecular flexibility index (Phi) is 9.45. The molecule has 6 nitrogen and oxygen atoms in total. The molecule has 2 aromatic rings. The summed E-state index contributed by atoms with van der Waals surface area (Å²) in [7, 11) is 0. The minimum absolute atomic E-state index is 0.250. The molecule has 2 rings (SSSR count). The van der Waals surface area contributed by atoms with Crippen LogP contribution in [-0.2, 0) is 4.79 Å². The molecule has 0 spiro atoms. The lowest BCUT2D eigenvalue weighted by Crippen LogP contribution is -2.44. The van der Waals surface area contributed by atoms with Gasteiger partial charge in [-0.25, -0.2) is 0 Å². The van der Waals surface area contributed by atoms with Crippen LogP contribution in [0.25, 0.3) is 0 Å². The monoisotopic (exact) mass is 590 g/mol. The Morgan fingerprint density at radius 2 is 1.76 bits per heavy atom. The molecule has 2 aromatic carbocycles. The number of ether oxygens (including phenoxy) is 2. The quantitative estimate of drug-likeness (QED) is 0.322. The van der Waals surface area contributed by atoms with Gasteiger partial charge in [0.25, 0.3) is 11.8 Å². The Morgan fingerprint density at radius 1 is 1.00 bits per heavy atom. The van der Waals surface area contributed by atoms with Gasteiger partial charge in [-0.05, 0) is 65.2 Å². The van der Waals surface area contributed by atoms with Gasteiger partial charge in [-0.3, -0.25) is 20.4 Å². The highest BCUT2D eigenvalue weighted by Gasteiger charge is 2.15. The molecular formula is C20H21Br3N2O4. The Labute approximate surface area is 195 Å². The first-order valence-corrected chi connectivity index (χ1v) is 11.3. The molecule has 0 bridgehead atoms. The highest BCUT2D eigenvalue weighted by molar-refractivity contribution is 9.11. The maximum atomic E-state index is 12.5. The van der Waals surface area contributed by atoms with Gasteiger partial charge < -0.3 is 9.47 Å². The van der Waals surface area contributed by atoms with Crippen LogP contribution in [0.1, 0.15) is 35.7 Å². The minimum Gasteiger partial charge on any atom is -0.493 e. The lowest BCUT2D eigenvalue weighted by atomic mass is 10.2. The van der Waals surface area contributed by atoms with Crippen molar-refractivity contribution in [2.45, 2.75) is 26.7 Å². The van der Waals surface area contributed by atoms with Gasteiger partial charge in [0.1, 0.15) is 11.5 Å². The Hall–Kier alpha value is -1.58.